The molecule has 14 heavy (non-hydrogen) atoms. The fraction of sp³-hybridized carbons (Fsp3) is 1.00. The van der Waals surface area contributed by atoms with Crippen molar-refractivity contribution >= 4 is 11.8 Å². The van der Waals surface area contributed by atoms with Crippen molar-refractivity contribution in [1.82, 2.24) is 5.43 Å². The van der Waals surface area contributed by atoms with Gasteiger partial charge in [-0.3, -0.25) is 11.3 Å². The van der Waals surface area contributed by atoms with E-state index in [2.05, 4.69) is 18.6 Å². The van der Waals surface area contributed by atoms with Gasteiger partial charge < -0.3 is 0 Å². The van der Waals surface area contributed by atoms with Gasteiger partial charge in [0.1, 0.15) is 0 Å². The molecule has 1 aliphatic rings. The van der Waals surface area contributed by atoms with E-state index >= 15 is 0 Å². The Hall–Kier alpha value is 0.270. The zero-order valence-electron chi connectivity index (χ0n) is 9.46. The molecule has 0 spiro atoms. The summed E-state index contributed by atoms with van der Waals surface area (Å²) in [5, 5.41) is 0. The lowest BCUT2D eigenvalue weighted by molar-refractivity contribution is 0.228. The lowest BCUT2D eigenvalue weighted by atomic mass is 9.79. The number of hydrogen-bond donors (Lipinski definition) is 2. The van der Waals surface area contributed by atoms with E-state index in [-0.39, 0.29) is 0 Å². The molecule has 1 rings (SSSR count). The molecule has 0 bridgehead atoms. The number of hydrogen-bond acceptors (Lipinski definition) is 3. The van der Waals surface area contributed by atoms with Gasteiger partial charge in [-0.15, -0.1) is 0 Å². The van der Waals surface area contributed by atoms with Gasteiger partial charge in [-0.05, 0) is 43.1 Å². The second-order valence-corrected chi connectivity index (χ2v) is 5.56. The molecule has 2 nitrogen and oxygen atoms in total. The van der Waals surface area contributed by atoms with Crippen molar-refractivity contribution in [2.45, 2.75) is 45.1 Å². The topological polar surface area (TPSA) is 38.0 Å². The number of rotatable bonds is 5. The molecule has 0 aromatic heterocycles. The molecule has 0 aliphatic heterocycles. The molecule has 0 amide bonds. The highest BCUT2D eigenvalue weighted by Gasteiger charge is 2.24. The third-order valence-electron chi connectivity index (χ3n) is 3.48. The van der Waals surface area contributed by atoms with E-state index in [9.17, 15) is 0 Å². The summed E-state index contributed by atoms with van der Waals surface area (Å²) in [6.07, 6.45) is 8.90. The van der Waals surface area contributed by atoms with Crippen LogP contribution in [0.3, 0.4) is 0 Å². The minimum Gasteiger partial charge on any atom is -0.271 e. The maximum absolute atomic E-state index is 5.62. The van der Waals surface area contributed by atoms with Crippen molar-refractivity contribution in [3.63, 3.8) is 0 Å². The maximum Gasteiger partial charge on any atom is 0.0246 e. The van der Waals surface area contributed by atoms with Gasteiger partial charge in [0.2, 0.25) is 0 Å². The second kappa shape index (κ2) is 6.70. The quantitative estimate of drug-likeness (QED) is 0.547. The van der Waals surface area contributed by atoms with Gasteiger partial charge in [-0.2, -0.15) is 11.8 Å². The molecule has 1 unspecified atom stereocenters. The minimum atomic E-state index is 0.551. The predicted octanol–water partition coefficient (Wildman–Crippen LogP) is 2.40. The van der Waals surface area contributed by atoms with Crippen LogP contribution in [0.5, 0.6) is 0 Å². The van der Waals surface area contributed by atoms with Crippen molar-refractivity contribution in [2.24, 2.45) is 17.7 Å². The van der Waals surface area contributed by atoms with Crippen molar-refractivity contribution in [2.75, 3.05) is 12.0 Å². The highest BCUT2D eigenvalue weighted by molar-refractivity contribution is 7.98. The minimum absolute atomic E-state index is 0.551. The van der Waals surface area contributed by atoms with Crippen LogP contribution in [0.1, 0.15) is 39.0 Å². The van der Waals surface area contributed by atoms with Crippen LogP contribution in [0.25, 0.3) is 0 Å². The molecule has 3 heteroatoms. The van der Waals surface area contributed by atoms with Crippen molar-refractivity contribution in [3.8, 4) is 0 Å². The molecule has 1 aliphatic carbocycles. The fourth-order valence-corrected chi connectivity index (χ4v) is 2.88. The molecule has 0 saturated heterocycles. The summed E-state index contributed by atoms with van der Waals surface area (Å²) in [5.74, 6) is 8.60. The largest absolute Gasteiger partial charge is 0.271 e. The van der Waals surface area contributed by atoms with Gasteiger partial charge in [0.25, 0.3) is 0 Å². The average Bonchev–Trinajstić information content (AvgIpc) is 2.21. The normalized spacial score (nSPS) is 30.2. The number of hydrazine groups is 1. The van der Waals surface area contributed by atoms with Crippen LogP contribution >= 0.6 is 11.8 Å². The smallest absolute Gasteiger partial charge is 0.0246 e. The summed E-state index contributed by atoms with van der Waals surface area (Å²) in [6, 6.07) is 0.551. The van der Waals surface area contributed by atoms with Crippen LogP contribution in [-0.4, -0.2) is 18.1 Å². The lowest BCUT2D eigenvalue weighted by Gasteiger charge is -2.32. The fourth-order valence-electron chi connectivity index (χ4n) is 2.39. The van der Waals surface area contributed by atoms with E-state index in [1.807, 2.05) is 11.8 Å². The van der Waals surface area contributed by atoms with Crippen LogP contribution in [0.15, 0.2) is 0 Å². The molecular formula is C11H24N2S. The summed E-state index contributed by atoms with van der Waals surface area (Å²) in [5.41, 5.74) is 3.01. The maximum atomic E-state index is 5.62. The number of thioether (sulfide) groups is 1. The average molecular weight is 216 g/mol. The Morgan fingerprint density at radius 3 is 2.50 bits per heavy atom. The summed E-state index contributed by atoms with van der Waals surface area (Å²) < 4.78 is 0. The van der Waals surface area contributed by atoms with Gasteiger partial charge in [0, 0.05) is 6.04 Å². The van der Waals surface area contributed by atoms with E-state index in [1.165, 1.54) is 37.9 Å². The molecule has 3 N–H and O–H groups in total. The zero-order valence-corrected chi connectivity index (χ0v) is 10.3. The van der Waals surface area contributed by atoms with Gasteiger partial charge >= 0.3 is 0 Å². The molecule has 1 atom stereocenters. The molecular weight excluding hydrogens is 192 g/mol. The van der Waals surface area contributed by atoms with Crippen molar-refractivity contribution in [3.05, 3.63) is 0 Å². The Morgan fingerprint density at radius 1 is 1.36 bits per heavy atom. The Morgan fingerprint density at radius 2 is 2.00 bits per heavy atom. The van der Waals surface area contributed by atoms with Crippen molar-refractivity contribution in [1.29, 1.82) is 0 Å². The van der Waals surface area contributed by atoms with E-state index < -0.39 is 0 Å². The third kappa shape index (κ3) is 3.79. The zero-order chi connectivity index (χ0) is 10.4. The molecule has 1 saturated carbocycles. The van der Waals surface area contributed by atoms with E-state index in [1.54, 1.807) is 0 Å². The molecule has 0 heterocycles. The first-order valence-electron chi connectivity index (χ1n) is 5.73. The summed E-state index contributed by atoms with van der Waals surface area (Å²) >= 11 is 1.91. The standard InChI is InChI=1S/C11H24N2S/c1-9-3-5-10(6-4-9)11(13-12)7-8-14-2/h9-11,13H,3-8,12H2,1-2H3. The van der Waals surface area contributed by atoms with E-state index in [0.29, 0.717) is 6.04 Å². The van der Waals surface area contributed by atoms with Gasteiger partial charge in [0.15, 0.2) is 0 Å². The Kier molecular flexibility index (Phi) is 5.90. The Balaban J connectivity index is 2.29. The van der Waals surface area contributed by atoms with E-state index in [4.69, 9.17) is 5.84 Å². The first-order valence-corrected chi connectivity index (χ1v) is 7.12. The van der Waals surface area contributed by atoms with Crippen LogP contribution in [-0.2, 0) is 0 Å². The van der Waals surface area contributed by atoms with Gasteiger partial charge in [-0.25, -0.2) is 0 Å². The Labute approximate surface area is 92.4 Å². The van der Waals surface area contributed by atoms with Crippen LogP contribution < -0.4 is 11.3 Å². The summed E-state index contributed by atoms with van der Waals surface area (Å²) in [6.45, 7) is 2.36. The van der Waals surface area contributed by atoms with Crippen LogP contribution in [0.4, 0.5) is 0 Å². The molecule has 0 aromatic carbocycles. The molecule has 0 radical (unpaired) electrons. The van der Waals surface area contributed by atoms with Gasteiger partial charge in [-0.1, -0.05) is 19.8 Å². The first-order chi connectivity index (χ1) is 6.77. The van der Waals surface area contributed by atoms with E-state index in [0.717, 1.165) is 11.8 Å². The molecule has 84 valence electrons. The lowest BCUT2D eigenvalue weighted by Crippen LogP contribution is -2.42. The third-order valence-corrected chi connectivity index (χ3v) is 4.12. The van der Waals surface area contributed by atoms with Crippen LogP contribution in [0.2, 0.25) is 0 Å². The monoisotopic (exact) mass is 216 g/mol. The highest BCUT2D eigenvalue weighted by Crippen LogP contribution is 2.31. The van der Waals surface area contributed by atoms with Crippen LogP contribution in [0, 0.1) is 11.8 Å². The molecule has 1 fully saturated rings. The predicted molar refractivity (Wildman–Crippen MR) is 65.2 cm³/mol. The number of nitrogens with one attached hydrogen (secondary N) is 1. The summed E-state index contributed by atoms with van der Waals surface area (Å²) in [4.78, 5) is 0. The first kappa shape index (κ1) is 12.3. The highest BCUT2D eigenvalue weighted by atomic mass is 32.2. The number of nitrogens with two attached hydrogens (primary N) is 1. The van der Waals surface area contributed by atoms with Crippen molar-refractivity contribution < 1.29 is 0 Å². The Bertz CT molecular complexity index is 141. The summed E-state index contributed by atoms with van der Waals surface area (Å²) in [7, 11) is 0. The van der Waals surface area contributed by atoms with Gasteiger partial charge in [0.05, 0.1) is 0 Å². The SMILES string of the molecule is CSCCC(NN)C1CCC(C)CC1. The molecule has 0 aromatic rings. The second-order valence-electron chi connectivity index (χ2n) is 4.57.